The maximum Gasteiger partial charge on any atom is 0.269 e. The number of hydrogen-bond donors (Lipinski definition) is 3. The molecule has 118 valence electrons. The van der Waals surface area contributed by atoms with Crippen molar-refractivity contribution < 1.29 is 14.5 Å². The van der Waals surface area contributed by atoms with Crippen molar-refractivity contribution in [1.82, 2.24) is 16.2 Å². The number of nitrogens with one attached hydrogen (secondary N) is 3. The number of carbonyl (C=O) groups is 2. The van der Waals surface area contributed by atoms with E-state index in [-0.39, 0.29) is 22.3 Å². The summed E-state index contributed by atoms with van der Waals surface area (Å²) in [6.07, 6.45) is 0. The van der Waals surface area contributed by atoms with Gasteiger partial charge in [-0.05, 0) is 24.4 Å². The molecule has 0 aliphatic carbocycles. The van der Waals surface area contributed by atoms with E-state index in [0.717, 1.165) is 0 Å². The molecule has 0 spiro atoms. The predicted molar refractivity (Wildman–Crippen MR) is 83.9 cm³/mol. The lowest BCUT2D eigenvalue weighted by molar-refractivity contribution is -0.384. The minimum Gasteiger partial charge on any atom is -0.301 e. The van der Waals surface area contributed by atoms with Crippen LogP contribution in [0.1, 0.15) is 31.1 Å². The fourth-order valence-corrected chi connectivity index (χ4v) is 1.39. The van der Waals surface area contributed by atoms with E-state index in [9.17, 15) is 19.7 Å². The van der Waals surface area contributed by atoms with Gasteiger partial charge in [0.05, 0.1) is 4.92 Å². The number of benzene rings is 1. The molecule has 0 atom stereocenters. The van der Waals surface area contributed by atoms with E-state index in [1.165, 1.54) is 24.3 Å². The fourth-order valence-electron chi connectivity index (χ4n) is 1.24. The molecule has 22 heavy (non-hydrogen) atoms. The average Bonchev–Trinajstić information content (AvgIpc) is 2.43. The summed E-state index contributed by atoms with van der Waals surface area (Å²) in [5, 5.41) is 12.9. The molecule has 0 bridgehead atoms. The number of carbonyl (C=O) groups excluding carboxylic acids is 2. The Morgan fingerprint density at radius 1 is 1.14 bits per heavy atom. The lowest BCUT2D eigenvalue weighted by atomic mass is 9.96. The first-order valence-corrected chi connectivity index (χ1v) is 6.68. The Kier molecular flexibility index (Phi) is 5.52. The number of nitrogens with zero attached hydrogens (tertiary/aromatic N) is 1. The van der Waals surface area contributed by atoms with E-state index in [1.807, 2.05) is 0 Å². The summed E-state index contributed by atoms with van der Waals surface area (Å²) in [5.41, 5.74) is 4.16. The zero-order chi connectivity index (χ0) is 16.9. The first-order valence-electron chi connectivity index (χ1n) is 6.27. The van der Waals surface area contributed by atoms with Gasteiger partial charge in [0.25, 0.3) is 11.6 Å². The monoisotopic (exact) mass is 324 g/mol. The van der Waals surface area contributed by atoms with Gasteiger partial charge in [0.1, 0.15) is 0 Å². The van der Waals surface area contributed by atoms with Crippen molar-refractivity contribution >= 4 is 34.8 Å². The van der Waals surface area contributed by atoms with E-state index in [0.29, 0.717) is 0 Å². The van der Waals surface area contributed by atoms with Crippen LogP contribution < -0.4 is 16.2 Å². The number of thiocarbonyl (C=S) groups is 1. The van der Waals surface area contributed by atoms with Crippen LogP contribution in [-0.2, 0) is 4.79 Å². The first kappa shape index (κ1) is 17.5. The lowest BCUT2D eigenvalue weighted by Crippen LogP contribution is -2.50. The molecule has 8 nitrogen and oxygen atoms in total. The van der Waals surface area contributed by atoms with Gasteiger partial charge in [0.15, 0.2) is 5.11 Å². The highest BCUT2D eigenvalue weighted by Gasteiger charge is 2.22. The fraction of sp³-hybridized carbons (Fsp3) is 0.308. The molecule has 9 heteroatoms. The van der Waals surface area contributed by atoms with Crippen LogP contribution in [0.2, 0.25) is 0 Å². The van der Waals surface area contributed by atoms with E-state index in [2.05, 4.69) is 16.2 Å². The number of non-ortho nitro benzene ring substituents is 1. The maximum atomic E-state index is 11.8. The molecule has 0 aliphatic heterocycles. The molecule has 0 heterocycles. The summed E-state index contributed by atoms with van der Waals surface area (Å²) in [4.78, 5) is 33.4. The highest BCUT2D eigenvalue weighted by molar-refractivity contribution is 7.80. The van der Waals surface area contributed by atoms with E-state index in [4.69, 9.17) is 12.2 Å². The third kappa shape index (κ3) is 5.09. The number of hydrogen-bond acceptors (Lipinski definition) is 5. The molecule has 0 fully saturated rings. The number of rotatable bonds is 2. The second-order valence-corrected chi connectivity index (χ2v) is 5.82. The Bertz CT molecular complexity index is 607. The van der Waals surface area contributed by atoms with Crippen LogP contribution in [0, 0.1) is 15.5 Å². The second kappa shape index (κ2) is 6.94. The van der Waals surface area contributed by atoms with Crippen molar-refractivity contribution in [1.29, 1.82) is 0 Å². The summed E-state index contributed by atoms with van der Waals surface area (Å²) in [6.45, 7) is 5.17. The first-order chi connectivity index (χ1) is 10.1. The Balaban J connectivity index is 2.54. The average molecular weight is 324 g/mol. The van der Waals surface area contributed by atoms with E-state index < -0.39 is 16.2 Å². The van der Waals surface area contributed by atoms with Crippen LogP contribution in [-0.4, -0.2) is 21.9 Å². The van der Waals surface area contributed by atoms with Gasteiger partial charge >= 0.3 is 0 Å². The normalized spacial score (nSPS) is 10.5. The van der Waals surface area contributed by atoms with Gasteiger partial charge in [-0.15, -0.1) is 0 Å². The zero-order valence-corrected chi connectivity index (χ0v) is 13.1. The topological polar surface area (TPSA) is 113 Å². The molecule has 0 saturated carbocycles. The molecule has 0 radical (unpaired) electrons. The molecular formula is C13H16N4O4S. The van der Waals surface area contributed by atoms with Crippen molar-refractivity contribution in [2.45, 2.75) is 20.8 Å². The van der Waals surface area contributed by atoms with Crippen LogP contribution in [0.5, 0.6) is 0 Å². The van der Waals surface area contributed by atoms with Crippen LogP contribution in [0.25, 0.3) is 0 Å². The Labute approximate surface area is 132 Å². The number of amides is 2. The van der Waals surface area contributed by atoms with Gasteiger partial charge in [-0.1, -0.05) is 20.8 Å². The summed E-state index contributed by atoms with van der Waals surface area (Å²) < 4.78 is 0. The molecule has 1 aromatic rings. The Morgan fingerprint density at radius 2 is 1.68 bits per heavy atom. The SMILES string of the molecule is CC(C)(C)C(=O)NC(=S)NNC(=O)c1ccc([N+](=O)[O-])cc1. The van der Waals surface area contributed by atoms with Crippen LogP contribution >= 0.6 is 12.2 Å². The predicted octanol–water partition coefficient (Wildman–Crippen LogP) is 1.28. The van der Waals surface area contributed by atoms with Gasteiger partial charge in [-0.2, -0.15) is 0 Å². The van der Waals surface area contributed by atoms with Crippen molar-refractivity contribution in [3.05, 3.63) is 39.9 Å². The van der Waals surface area contributed by atoms with Crippen molar-refractivity contribution in [2.24, 2.45) is 5.41 Å². The smallest absolute Gasteiger partial charge is 0.269 e. The third-order valence-electron chi connectivity index (χ3n) is 2.54. The second-order valence-electron chi connectivity index (χ2n) is 5.42. The van der Waals surface area contributed by atoms with Crippen molar-refractivity contribution in [3.8, 4) is 0 Å². The molecule has 0 aromatic heterocycles. The summed E-state index contributed by atoms with van der Waals surface area (Å²) in [5.74, 6) is -0.836. The van der Waals surface area contributed by atoms with E-state index >= 15 is 0 Å². The molecule has 1 aromatic carbocycles. The van der Waals surface area contributed by atoms with Crippen LogP contribution in [0.15, 0.2) is 24.3 Å². The standard InChI is InChI=1S/C13H16N4O4S/c1-13(2,3)11(19)14-12(22)16-15-10(18)8-4-6-9(7-5-8)17(20)21/h4-7H,1-3H3,(H,15,18)(H2,14,16,19,22). The number of nitro benzene ring substituents is 1. The number of hydrazine groups is 1. The largest absolute Gasteiger partial charge is 0.301 e. The van der Waals surface area contributed by atoms with Gasteiger partial charge in [0, 0.05) is 23.1 Å². The Hall–Kier alpha value is -2.55. The zero-order valence-electron chi connectivity index (χ0n) is 12.3. The molecule has 1 rings (SSSR count). The van der Waals surface area contributed by atoms with E-state index in [1.54, 1.807) is 20.8 Å². The Morgan fingerprint density at radius 3 is 2.14 bits per heavy atom. The van der Waals surface area contributed by atoms with Gasteiger partial charge in [-0.25, -0.2) is 0 Å². The molecule has 3 N–H and O–H groups in total. The van der Waals surface area contributed by atoms with Gasteiger partial charge in [-0.3, -0.25) is 30.6 Å². The highest BCUT2D eigenvalue weighted by Crippen LogP contribution is 2.12. The van der Waals surface area contributed by atoms with Crippen LogP contribution in [0.4, 0.5) is 5.69 Å². The molecule has 2 amide bonds. The minimum atomic E-state index is -0.617. The lowest BCUT2D eigenvalue weighted by Gasteiger charge is -2.18. The quantitative estimate of drug-likeness (QED) is 0.429. The minimum absolute atomic E-state index is 0.0461. The van der Waals surface area contributed by atoms with Crippen molar-refractivity contribution in [2.75, 3.05) is 0 Å². The van der Waals surface area contributed by atoms with Crippen LogP contribution in [0.3, 0.4) is 0 Å². The van der Waals surface area contributed by atoms with Gasteiger partial charge in [0.2, 0.25) is 5.91 Å². The molecule has 0 saturated heterocycles. The summed E-state index contributed by atoms with van der Waals surface area (Å²) >= 11 is 4.88. The number of nitro groups is 1. The highest BCUT2D eigenvalue weighted by atomic mass is 32.1. The summed E-state index contributed by atoms with van der Waals surface area (Å²) in [7, 11) is 0. The summed E-state index contributed by atoms with van der Waals surface area (Å²) in [6, 6.07) is 5.06. The maximum absolute atomic E-state index is 11.8. The van der Waals surface area contributed by atoms with Gasteiger partial charge < -0.3 is 5.32 Å². The molecular weight excluding hydrogens is 308 g/mol. The third-order valence-corrected chi connectivity index (χ3v) is 2.74. The molecule has 0 aliphatic rings. The molecule has 0 unspecified atom stereocenters. The van der Waals surface area contributed by atoms with Crippen molar-refractivity contribution in [3.63, 3.8) is 0 Å².